The predicted octanol–water partition coefficient (Wildman–Crippen LogP) is 0.625. The van der Waals surface area contributed by atoms with Crippen LogP contribution in [0.25, 0.3) is 0 Å². The zero-order valence-electron chi connectivity index (χ0n) is 7.53. The van der Waals surface area contributed by atoms with Crippen LogP contribution in [0.2, 0.25) is 0 Å². The van der Waals surface area contributed by atoms with E-state index in [9.17, 15) is 4.79 Å². The van der Waals surface area contributed by atoms with E-state index in [2.05, 4.69) is 31.4 Å². The monoisotopic (exact) mass is 276 g/mol. The van der Waals surface area contributed by atoms with Crippen molar-refractivity contribution >= 4 is 38.3 Å². The van der Waals surface area contributed by atoms with E-state index >= 15 is 0 Å². The number of carbonyl (C=O) groups excluding carboxylic acids is 1. The minimum Gasteiger partial charge on any atom is -0.353 e. The number of nitrogens with one attached hydrogen (secondary N) is 1. The Morgan fingerprint density at radius 2 is 2.43 bits per heavy atom. The van der Waals surface area contributed by atoms with Crippen molar-refractivity contribution in [3.8, 4) is 0 Å². The maximum atomic E-state index is 11.4. The van der Waals surface area contributed by atoms with Crippen molar-refractivity contribution in [3.63, 3.8) is 0 Å². The second-order valence-corrected chi connectivity index (χ2v) is 5.23. The number of anilines is 1. The first-order valence-electron chi connectivity index (χ1n) is 4.22. The number of carbonyl (C=O) groups is 1. The van der Waals surface area contributed by atoms with E-state index < -0.39 is 0 Å². The summed E-state index contributed by atoms with van der Waals surface area (Å²) in [6.45, 7) is 3.32. The summed E-state index contributed by atoms with van der Waals surface area (Å²) in [6, 6.07) is -0.163. The van der Waals surface area contributed by atoms with Gasteiger partial charge in [-0.25, -0.2) is 0 Å². The molecule has 0 saturated carbocycles. The van der Waals surface area contributed by atoms with E-state index in [4.69, 9.17) is 0 Å². The molecule has 1 aliphatic rings. The summed E-state index contributed by atoms with van der Waals surface area (Å²) < 4.78 is 0.741. The Balaban J connectivity index is 2.21. The van der Waals surface area contributed by atoms with Gasteiger partial charge in [-0.2, -0.15) is 0 Å². The molecule has 76 valence electrons. The van der Waals surface area contributed by atoms with Crippen molar-refractivity contribution in [1.29, 1.82) is 0 Å². The Bertz CT molecular complexity index is 355. The molecule has 2 heterocycles. The largest absolute Gasteiger partial charge is 0.353 e. The van der Waals surface area contributed by atoms with Crippen LogP contribution < -0.4 is 10.2 Å². The number of nitrogens with zero attached hydrogens (tertiary/aromatic N) is 3. The lowest BCUT2D eigenvalue weighted by Gasteiger charge is -2.31. The molecule has 1 unspecified atom stereocenters. The fourth-order valence-electron chi connectivity index (χ4n) is 1.36. The normalized spacial score (nSPS) is 22.3. The molecule has 0 aliphatic carbocycles. The first kappa shape index (κ1) is 9.85. The number of amides is 1. The smallest absolute Gasteiger partial charge is 0.242 e. The van der Waals surface area contributed by atoms with Gasteiger partial charge in [0.1, 0.15) is 6.04 Å². The molecule has 0 bridgehead atoms. The Morgan fingerprint density at radius 3 is 3.07 bits per heavy atom. The van der Waals surface area contributed by atoms with Crippen LogP contribution in [-0.4, -0.2) is 35.2 Å². The molecule has 1 aromatic heterocycles. The zero-order valence-corrected chi connectivity index (χ0v) is 9.93. The fourth-order valence-corrected chi connectivity index (χ4v) is 2.55. The molecule has 14 heavy (non-hydrogen) atoms. The number of rotatable bonds is 1. The molecule has 1 atom stereocenters. The molecule has 7 heteroatoms. The van der Waals surface area contributed by atoms with Gasteiger partial charge in [-0.3, -0.25) is 4.79 Å². The standard InChI is InChI=1S/C7H9BrN4OS/c1-4-5(13)9-2-3-12(4)7-11-10-6(8)14-7/h4H,2-3H2,1H3,(H,9,13). The summed E-state index contributed by atoms with van der Waals surface area (Å²) >= 11 is 4.69. The predicted molar refractivity (Wildman–Crippen MR) is 57.4 cm³/mol. The van der Waals surface area contributed by atoms with Crippen LogP contribution in [0.4, 0.5) is 5.13 Å². The molecule has 2 rings (SSSR count). The van der Waals surface area contributed by atoms with Gasteiger partial charge in [0.15, 0.2) is 3.92 Å². The average Bonchev–Trinajstić information content (AvgIpc) is 2.57. The highest BCUT2D eigenvalue weighted by Crippen LogP contribution is 2.26. The van der Waals surface area contributed by atoms with Gasteiger partial charge in [0.25, 0.3) is 0 Å². The van der Waals surface area contributed by atoms with Crippen LogP contribution in [0, 0.1) is 0 Å². The third kappa shape index (κ3) is 1.74. The topological polar surface area (TPSA) is 58.1 Å². The minimum atomic E-state index is -0.163. The molecule has 1 saturated heterocycles. The lowest BCUT2D eigenvalue weighted by Crippen LogP contribution is -2.54. The SMILES string of the molecule is CC1C(=O)NCCN1c1nnc(Br)s1. The van der Waals surface area contributed by atoms with Crippen LogP contribution in [0.3, 0.4) is 0 Å². The molecule has 5 nitrogen and oxygen atoms in total. The summed E-state index contributed by atoms with van der Waals surface area (Å²) in [7, 11) is 0. The van der Waals surface area contributed by atoms with Gasteiger partial charge in [0.2, 0.25) is 11.0 Å². The highest BCUT2D eigenvalue weighted by atomic mass is 79.9. The maximum Gasteiger partial charge on any atom is 0.242 e. The fraction of sp³-hybridized carbons (Fsp3) is 0.571. The Labute approximate surface area is 93.6 Å². The number of hydrogen-bond acceptors (Lipinski definition) is 5. The summed E-state index contributed by atoms with van der Waals surface area (Å²) in [5.74, 6) is 0.0440. The van der Waals surface area contributed by atoms with Gasteiger partial charge in [0.05, 0.1) is 0 Å². The first-order chi connectivity index (χ1) is 6.68. The number of aromatic nitrogens is 2. The van der Waals surface area contributed by atoms with Crippen molar-refractivity contribution in [2.75, 3.05) is 18.0 Å². The van der Waals surface area contributed by atoms with Crippen LogP contribution in [-0.2, 0) is 4.79 Å². The lowest BCUT2D eigenvalue weighted by atomic mass is 10.2. The van der Waals surface area contributed by atoms with Crippen LogP contribution in [0.15, 0.2) is 3.92 Å². The van der Waals surface area contributed by atoms with Crippen LogP contribution >= 0.6 is 27.3 Å². The number of piperazine rings is 1. The van der Waals surface area contributed by atoms with E-state index in [-0.39, 0.29) is 11.9 Å². The van der Waals surface area contributed by atoms with Crippen molar-refractivity contribution in [1.82, 2.24) is 15.5 Å². The highest BCUT2D eigenvalue weighted by Gasteiger charge is 2.27. The van der Waals surface area contributed by atoms with Crippen molar-refractivity contribution in [2.45, 2.75) is 13.0 Å². The van der Waals surface area contributed by atoms with Crippen molar-refractivity contribution < 1.29 is 4.79 Å². The molecule has 1 N–H and O–H groups in total. The third-order valence-electron chi connectivity index (χ3n) is 2.13. The van der Waals surface area contributed by atoms with Crippen LogP contribution in [0.1, 0.15) is 6.92 Å². The second-order valence-electron chi connectivity index (χ2n) is 3.00. The van der Waals surface area contributed by atoms with E-state index in [1.165, 1.54) is 11.3 Å². The Kier molecular flexibility index (Phi) is 2.69. The Hall–Kier alpha value is -0.690. The molecule has 1 aromatic rings. The van der Waals surface area contributed by atoms with Crippen LogP contribution in [0.5, 0.6) is 0 Å². The highest BCUT2D eigenvalue weighted by molar-refractivity contribution is 9.11. The Morgan fingerprint density at radius 1 is 1.64 bits per heavy atom. The van der Waals surface area contributed by atoms with Crippen molar-refractivity contribution in [2.24, 2.45) is 0 Å². The van der Waals surface area contributed by atoms with Gasteiger partial charge in [-0.15, -0.1) is 10.2 Å². The first-order valence-corrected chi connectivity index (χ1v) is 5.83. The molecule has 0 aromatic carbocycles. The molecule has 1 aliphatic heterocycles. The second kappa shape index (κ2) is 3.82. The summed E-state index contributed by atoms with van der Waals surface area (Å²) in [5.41, 5.74) is 0. The minimum absolute atomic E-state index is 0.0440. The van der Waals surface area contributed by atoms with Gasteiger partial charge < -0.3 is 10.2 Å². The van der Waals surface area contributed by atoms with Gasteiger partial charge in [-0.1, -0.05) is 11.3 Å². The lowest BCUT2D eigenvalue weighted by molar-refractivity contribution is -0.122. The van der Waals surface area contributed by atoms with Gasteiger partial charge in [0, 0.05) is 13.1 Å². The summed E-state index contributed by atoms with van der Waals surface area (Å²) in [6.07, 6.45) is 0. The molecule has 0 radical (unpaired) electrons. The molecule has 1 fully saturated rings. The molecular formula is C7H9BrN4OS. The summed E-state index contributed by atoms with van der Waals surface area (Å²) in [4.78, 5) is 13.3. The number of halogens is 1. The van der Waals surface area contributed by atoms with E-state index in [1.54, 1.807) is 0 Å². The third-order valence-corrected chi connectivity index (χ3v) is 3.53. The maximum absolute atomic E-state index is 11.4. The number of hydrogen-bond donors (Lipinski definition) is 1. The zero-order chi connectivity index (χ0) is 10.1. The quantitative estimate of drug-likeness (QED) is 0.817. The van der Waals surface area contributed by atoms with E-state index in [0.717, 1.165) is 15.6 Å². The van der Waals surface area contributed by atoms with E-state index in [0.29, 0.717) is 6.54 Å². The van der Waals surface area contributed by atoms with Crippen molar-refractivity contribution in [3.05, 3.63) is 3.92 Å². The molecule has 0 spiro atoms. The average molecular weight is 277 g/mol. The molecular weight excluding hydrogens is 268 g/mol. The molecule has 1 amide bonds. The summed E-state index contributed by atoms with van der Waals surface area (Å²) in [5, 5.41) is 11.4. The van der Waals surface area contributed by atoms with Gasteiger partial charge >= 0.3 is 0 Å². The van der Waals surface area contributed by atoms with Gasteiger partial charge in [-0.05, 0) is 22.9 Å². The van der Waals surface area contributed by atoms with E-state index in [1.807, 2.05) is 11.8 Å².